The molecule has 6 nitrogen and oxygen atoms in total. The van der Waals surface area contributed by atoms with E-state index in [1.54, 1.807) is 6.07 Å². The molecule has 2 bridgehead atoms. The number of aromatic amines is 1. The number of hydrogen-bond donors (Lipinski definition) is 2. The van der Waals surface area contributed by atoms with Crippen LogP contribution in [0.1, 0.15) is 45.4 Å². The van der Waals surface area contributed by atoms with Gasteiger partial charge in [-0.25, -0.2) is 4.98 Å². The van der Waals surface area contributed by atoms with Crippen molar-refractivity contribution in [2.24, 2.45) is 17.8 Å². The van der Waals surface area contributed by atoms with Gasteiger partial charge >= 0.3 is 0 Å². The van der Waals surface area contributed by atoms with Crippen molar-refractivity contribution < 1.29 is 4.79 Å². The van der Waals surface area contributed by atoms with Crippen LogP contribution in [0.15, 0.2) is 29.1 Å². The number of carbonyl (C=O) groups is 1. The quantitative estimate of drug-likeness (QED) is 0.805. The third-order valence-electron chi connectivity index (χ3n) is 6.91. The molecule has 0 radical (unpaired) electrons. The third-order valence-corrected chi connectivity index (χ3v) is 6.91. The highest BCUT2D eigenvalue weighted by molar-refractivity contribution is 5.81. The van der Waals surface area contributed by atoms with Gasteiger partial charge in [-0.3, -0.25) is 14.5 Å². The number of rotatable bonds is 6. The van der Waals surface area contributed by atoms with E-state index in [4.69, 9.17) is 0 Å². The molecule has 5 atom stereocenters. The molecular weight excluding hydrogens is 352 g/mol. The molecule has 150 valence electrons. The van der Waals surface area contributed by atoms with Gasteiger partial charge in [-0.05, 0) is 70.0 Å². The van der Waals surface area contributed by atoms with E-state index in [2.05, 4.69) is 22.2 Å². The standard InChI is InChI=1S/C22H30N4O2/c1-13(18-11-15-8-9-16(18)10-15)23-21(27)14(2)26(3)12-20-24-19-7-5-4-6-17(19)22(28)25-20/h4-7,13-16,18H,8-12H2,1-3H3,(H,23,27)(H,24,25,28). The lowest BCUT2D eigenvalue weighted by molar-refractivity contribution is -0.126. The van der Waals surface area contributed by atoms with E-state index in [1.807, 2.05) is 37.1 Å². The van der Waals surface area contributed by atoms with Crippen molar-refractivity contribution in [1.29, 1.82) is 0 Å². The molecule has 0 saturated heterocycles. The van der Waals surface area contributed by atoms with Gasteiger partial charge in [0.1, 0.15) is 5.82 Å². The van der Waals surface area contributed by atoms with Crippen LogP contribution in [0.4, 0.5) is 0 Å². The number of nitrogens with zero attached hydrogens (tertiary/aromatic N) is 2. The van der Waals surface area contributed by atoms with Crippen LogP contribution in [-0.4, -0.2) is 39.9 Å². The Morgan fingerprint density at radius 1 is 1.29 bits per heavy atom. The van der Waals surface area contributed by atoms with E-state index >= 15 is 0 Å². The highest BCUT2D eigenvalue weighted by Gasteiger charge is 2.42. The topological polar surface area (TPSA) is 78.1 Å². The first-order valence-corrected chi connectivity index (χ1v) is 10.4. The smallest absolute Gasteiger partial charge is 0.258 e. The first-order valence-electron chi connectivity index (χ1n) is 10.4. The molecule has 28 heavy (non-hydrogen) atoms. The number of hydrogen-bond acceptors (Lipinski definition) is 4. The largest absolute Gasteiger partial charge is 0.352 e. The van der Waals surface area contributed by atoms with E-state index < -0.39 is 0 Å². The average molecular weight is 383 g/mol. The number of aromatic nitrogens is 2. The molecule has 0 spiro atoms. The molecule has 2 fully saturated rings. The molecule has 5 unspecified atom stereocenters. The zero-order valence-electron chi connectivity index (χ0n) is 16.9. The summed E-state index contributed by atoms with van der Waals surface area (Å²) in [5, 5.41) is 3.82. The SMILES string of the molecule is CC(NC(=O)C(C)N(C)Cc1nc2ccccc2c(=O)[nH]1)C1CC2CCC1C2. The maximum atomic E-state index is 12.8. The Hall–Kier alpha value is -2.21. The Balaban J connectivity index is 1.38. The zero-order chi connectivity index (χ0) is 19.8. The molecule has 2 aliphatic carbocycles. The number of amides is 1. The van der Waals surface area contributed by atoms with Crippen LogP contribution in [0, 0.1) is 17.8 Å². The monoisotopic (exact) mass is 382 g/mol. The molecule has 0 aliphatic heterocycles. The molecular formula is C22H30N4O2. The van der Waals surface area contributed by atoms with Crippen LogP contribution in [0.3, 0.4) is 0 Å². The Labute approximate surface area is 165 Å². The lowest BCUT2D eigenvalue weighted by atomic mass is 9.84. The fraction of sp³-hybridized carbons (Fsp3) is 0.591. The number of benzene rings is 1. The molecule has 2 aliphatic rings. The minimum Gasteiger partial charge on any atom is -0.352 e. The van der Waals surface area contributed by atoms with Crippen LogP contribution < -0.4 is 10.9 Å². The van der Waals surface area contributed by atoms with Gasteiger partial charge in [0.05, 0.1) is 23.5 Å². The predicted octanol–water partition coefficient (Wildman–Crippen LogP) is 2.68. The Morgan fingerprint density at radius 3 is 2.79 bits per heavy atom. The first kappa shape index (κ1) is 19.1. The number of nitrogens with one attached hydrogen (secondary N) is 2. The Bertz CT molecular complexity index is 924. The van der Waals surface area contributed by atoms with Crippen molar-refractivity contribution in [3.8, 4) is 0 Å². The molecule has 2 saturated carbocycles. The molecule has 1 amide bonds. The van der Waals surface area contributed by atoms with Gasteiger partial charge in [0.15, 0.2) is 0 Å². The second kappa shape index (κ2) is 7.66. The number of para-hydroxylation sites is 1. The molecule has 2 aromatic rings. The summed E-state index contributed by atoms with van der Waals surface area (Å²) >= 11 is 0. The van der Waals surface area contributed by atoms with Crippen LogP contribution in [0.25, 0.3) is 10.9 Å². The molecule has 2 N–H and O–H groups in total. The van der Waals surface area contributed by atoms with Crippen LogP contribution in [-0.2, 0) is 11.3 Å². The van der Waals surface area contributed by atoms with Crippen molar-refractivity contribution in [2.45, 2.75) is 58.2 Å². The summed E-state index contributed by atoms with van der Waals surface area (Å²) < 4.78 is 0. The highest BCUT2D eigenvalue weighted by atomic mass is 16.2. The summed E-state index contributed by atoms with van der Waals surface area (Å²) in [6.07, 6.45) is 5.31. The van der Waals surface area contributed by atoms with Crippen molar-refractivity contribution in [3.63, 3.8) is 0 Å². The number of fused-ring (bicyclic) bond motifs is 3. The van der Waals surface area contributed by atoms with E-state index in [1.165, 1.54) is 25.7 Å². The molecule has 1 heterocycles. The molecule has 1 aromatic carbocycles. The summed E-state index contributed by atoms with van der Waals surface area (Å²) in [5.74, 6) is 2.91. The van der Waals surface area contributed by atoms with Crippen molar-refractivity contribution >= 4 is 16.8 Å². The number of carbonyl (C=O) groups excluding carboxylic acids is 1. The van der Waals surface area contributed by atoms with Crippen LogP contribution in [0.2, 0.25) is 0 Å². The minimum atomic E-state index is -0.294. The van der Waals surface area contributed by atoms with Crippen LogP contribution in [0.5, 0.6) is 0 Å². The van der Waals surface area contributed by atoms with E-state index in [0.717, 1.165) is 11.8 Å². The van der Waals surface area contributed by atoms with Gasteiger partial charge in [0.2, 0.25) is 5.91 Å². The van der Waals surface area contributed by atoms with Gasteiger partial charge in [-0.2, -0.15) is 0 Å². The van der Waals surface area contributed by atoms with E-state index in [-0.39, 0.29) is 23.6 Å². The van der Waals surface area contributed by atoms with Crippen molar-refractivity contribution in [2.75, 3.05) is 7.05 Å². The lowest BCUT2D eigenvalue weighted by Gasteiger charge is -2.31. The number of likely N-dealkylation sites (N-methyl/N-ethyl adjacent to an activating group) is 1. The highest BCUT2D eigenvalue weighted by Crippen LogP contribution is 2.49. The van der Waals surface area contributed by atoms with Crippen molar-refractivity contribution in [3.05, 3.63) is 40.4 Å². The van der Waals surface area contributed by atoms with E-state index in [9.17, 15) is 9.59 Å². The minimum absolute atomic E-state index is 0.0425. The summed E-state index contributed by atoms with van der Waals surface area (Å²) in [4.78, 5) is 34.3. The molecule has 4 rings (SSSR count). The third kappa shape index (κ3) is 3.70. The van der Waals surface area contributed by atoms with Crippen molar-refractivity contribution in [1.82, 2.24) is 20.2 Å². The molecule has 6 heteroatoms. The maximum absolute atomic E-state index is 12.8. The van der Waals surface area contributed by atoms with Gasteiger partial charge in [-0.15, -0.1) is 0 Å². The summed E-state index contributed by atoms with van der Waals surface area (Å²) in [6.45, 7) is 4.47. The maximum Gasteiger partial charge on any atom is 0.258 e. The molecule has 1 aromatic heterocycles. The Kier molecular flexibility index (Phi) is 5.23. The van der Waals surface area contributed by atoms with E-state index in [0.29, 0.717) is 29.2 Å². The zero-order valence-corrected chi connectivity index (χ0v) is 16.9. The normalized spacial score (nSPS) is 25.9. The fourth-order valence-corrected chi connectivity index (χ4v) is 5.14. The summed E-state index contributed by atoms with van der Waals surface area (Å²) in [5.41, 5.74) is 0.535. The van der Waals surface area contributed by atoms with Gasteiger partial charge in [-0.1, -0.05) is 18.6 Å². The second-order valence-electron chi connectivity index (χ2n) is 8.76. The van der Waals surface area contributed by atoms with Gasteiger partial charge in [0.25, 0.3) is 5.56 Å². The predicted molar refractivity (Wildman–Crippen MR) is 110 cm³/mol. The Morgan fingerprint density at radius 2 is 2.07 bits per heavy atom. The fourth-order valence-electron chi connectivity index (χ4n) is 5.14. The average Bonchev–Trinajstić information content (AvgIpc) is 3.31. The van der Waals surface area contributed by atoms with Gasteiger partial charge in [0, 0.05) is 6.04 Å². The first-order chi connectivity index (χ1) is 13.4. The summed E-state index contributed by atoms with van der Waals surface area (Å²) in [7, 11) is 1.89. The summed E-state index contributed by atoms with van der Waals surface area (Å²) in [6, 6.07) is 7.22. The second-order valence-corrected chi connectivity index (χ2v) is 8.76. The van der Waals surface area contributed by atoms with Crippen LogP contribution >= 0.6 is 0 Å². The van der Waals surface area contributed by atoms with Gasteiger partial charge < -0.3 is 10.3 Å². The number of H-pyrrole nitrogens is 1. The lowest BCUT2D eigenvalue weighted by Crippen LogP contribution is -2.48.